The van der Waals surface area contributed by atoms with Gasteiger partial charge in [-0.1, -0.05) is 146 Å². The molecule has 2 aromatic heterocycles. The number of nitrogens with two attached hydrogens (primary N) is 1. The highest BCUT2D eigenvalue weighted by atomic mass is 16.6. The van der Waals surface area contributed by atoms with Crippen molar-refractivity contribution in [2.24, 2.45) is 0 Å². The minimum Gasteiger partial charge on any atom is -0.461 e. The highest BCUT2D eigenvalue weighted by Gasteiger charge is 2.42. The summed E-state index contributed by atoms with van der Waals surface area (Å²) in [6.07, 6.45) is 0.0617. The predicted octanol–water partition coefficient (Wildman–Crippen LogP) is 13.9. The number of aryl methyl sites for hydroxylation is 1. The monoisotopic (exact) mass is 1100 g/mol. The largest absolute Gasteiger partial charge is 0.461 e. The maximum atomic E-state index is 14.3. The molecule has 16 nitrogen and oxygen atoms in total. The first-order chi connectivity index (χ1) is 39.4. The number of aromatic nitrogens is 6. The first-order valence-corrected chi connectivity index (χ1v) is 27.4. The predicted molar refractivity (Wildman–Crippen MR) is 319 cm³/mol. The van der Waals surface area contributed by atoms with Gasteiger partial charge in [-0.25, -0.2) is 24.0 Å². The summed E-state index contributed by atoms with van der Waals surface area (Å²) in [5.41, 5.74) is 12.1. The standard InChI is InChI=1S/C66H69N9O7/c1-10-23-58-68-56(44-73(63(78)82-65(6,7)8)50-36-38-51(39-37-50)80-52-40-41-55(67)57(42-52)72(9)62(77)81-64(3,4)5)59(61(76)79-11-2)74(58)43-45-32-34-46(35-33-45)53-30-21-22-31-54(53)60-69-70-71-75(60)66(47-24-15-12-16-25-47,48-26-17-13-18-27-48)49-28-19-14-20-29-49/h12-22,24-42H,10-11,23,43-44,67H2,1-9H3. The van der Waals surface area contributed by atoms with Crippen LogP contribution in [0, 0.1) is 0 Å². The molecule has 2 amide bonds. The molecule has 0 aliphatic rings. The molecule has 82 heavy (non-hydrogen) atoms. The fourth-order valence-corrected chi connectivity index (χ4v) is 9.93. The zero-order chi connectivity index (χ0) is 58.2. The van der Waals surface area contributed by atoms with Crippen molar-refractivity contribution >= 4 is 35.2 Å². The summed E-state index contributed by atoms with van der Waals surface area (Å²) in [6.45, 7) is 14.8. The molecular weight excluding hydrogens is 1030 g/mol. The zero-order valence-electron chi connectivity index (χ0n) is 47.9. The molecule has 420 valence electrons. The first kappa shape index (κ1) is 57.1. The summed E-state index contributed by atoms with van der Waals surface area (Å²) >= 11 is 0. The average Bonchev–Trinajstić information content (AvgIpc) is 2.12. The topological polar surface area (TPSA) is 182 Å². The molecular formula is C66H69N9O7. The van der Waals surface area contributed by atoms with Crippen molar-refractivity contribution in [1.82, 2.24) is 29.8 Å². The maximum Gasteiger partial charge on any atom is 0.415 e. The molecule has 0 aliphatic carbocycles. The number of tetrazole rings is 1. The molecule has 9 rings (SSSR count). The number of rotatable bonds is 18. The van der Waals surface area contributed by atoms with Gasteiger partial charge in [0.25, 0.3) is 0 Å². The van der Waals surface area contributed by atoms with Crippen LogP contribution in [0.25, 0.3) is 22.5 Å². The summed E-state index contributed by atoms with van der Waals surface area (Å²) in [5, 5.41) is 13.9. The van der Waals surface area contributed by atoms with Gasteiger partial charge >= 0.3 is 18.2 Å². The third kappa shape index (κ3) is 12.6. The van der Waals surface area contributed by atoms with Crippen LogP contribution in [0.15, 0.2) is 182 Å². The normalized spacial score (nSPS) is 11.7. The van der Waals surface area contributed by atoms with Gasteiger partial charge in [0.15, 0.2) is 11.5 Å². The molecule has 0 fully saturated rings. The van der Waals surface area contributed by atoms with Crippen LogP contribution in [0.5, 0.6) is 11.5 Å². The van der Waals surface area contributed by atoms with E-state index in [9.17, 15) is 14.4 Å². The van der Waals surface area contributed by atoms with Crippen molar-refractivity contribution in [2.45, 2.75) is 98.1 Å². The number of carbonyl (C=O) groups is 3. The molecule has 0 saturated heterocycles. The lowest BCUT2D eigenvalue weighted by Crippen LogP contribution is -2.39. The van der Waals surface area contributed by atoms with E-state index in [4.69, 9.17) is 40.0 Å². The molecule has 7 aromatic carbocycles. The van der Waals surface area contributed by atoms with Crippen molar-refractivity contribution in [2.75, 3.05) is 29.2 Å². The van der Waals surface area contributed by atoms with Gasteiger partial charge in [-0.15, -0.1) is 5.10 Å². The Balaban J connectivity index is 1.04. The molecule has 2 heterocycles. The van der Waals surface area contributed by atoms with Gasteiger partial charge in [0.1, 0.15) is 34.1 Å². The smallest absolute Gasteiger partial charge is 0.415 e. The van der Waals surface area contributed by atoms with E-state index in [1.54, 1.807) is 98.0 Å². The Morgan fingerprint density at radius 3 is 1.74 bits per heavy atom. The lowest BCUT2D eigenvalue weighted by molar-refractivity contribution is 0.0506. The molecule has 16 heteroatoms. The van der Waals surface area contributed by atoms with E-state index in [0.717, 1.165) is 45.4 Å². The van der Waals surface area contributed by atoms with E-state index in [2.05, 4.69) is 66.7 Å². The molecule has 0 bridgehead atoms. The van der Waals surface area contributed by atoms with E-state index in [0.29, 0.717) is 52.3 Å². The van der Waals surface area contributed by atoms with Gasteiger partial charge in [-0.2, -0.15) is 0 Å². The molecule has 9 aromatic rings. The molecule has 0 spiro atoms. The van der Waals surface area contributed by atoms with Crippen LogP contribution < -0.4 is 20.3 Å². The Morgan fingerprint density at radius 1 is 0.634 bits per heavy atom. The number of hydrogen-bond acceptors (Lipinski definition) is 12. The van der Waals surface area contributed by atoms with Crippen LogP contribution in [0.4, 0.5) is 26.7 Å². The lowest BCUT2D eigenvalue weighted by Gasteiger charge is -2.36. The first-order valence-electron chi connectivity index (χ1n) is 27.4. The summed E-state index contributed by atoms with van der Waals surface area (Å²) in [6, 6.07) is 59.1. The highest BCUT2D eigenvalue weighted by molar-refractivity contribution is 5.93. The third-order valence-corrected chi connectivity index (χ3v) is 13.5. The minimum atomic E-state index is -0.950. The van der Waals surface area contributed by atoms with Crippen molar-refractivity contribution < 1.29 is 33.3 Å². The number of carbonyl (C=O) groups excluding carboxylic acids is 3. The van der Waals surface area contributed by atoms with E-state index in [-0.39, 0.29) is 25.4 Å². The number of anilines is 3. The van der Waals surface area contributed by atoms with Gasteiger partial charge < -0.3 is 29.2 Å². The van der Waals surface area contributed by atoms with Gasteiger partial charge in [-0.3, -0.25) is 9.80 Å². The number of esters is 1. The quantitative estimate of drug-likeness (QED) is 0.0372. The van der Waals surface area contributed by atoms with Crippen molar-refractivity contribution in [3.8, 4) is 34.0 Å². The number of nitrogen functional groups attached to an aromatic ring is 1. The molecule has 0 saturated carbocycles. The fourth-order valence-electron chi connectivity index (χ4n) is 9.93. The molecule has 0 unspecified atom stereocenters. The second-order valence-electron chi connectivity index (χ2n) is 21.8. The third-order valence-electron chi connectivity index (χ3n) is 13.5. The lowest BCUT2D eigenvalue weighted by atomic mass is 9.77. The minimum absolute atomic E-state index is 0.122. The van der Waals surface area contributed by atoms with Crippen LogP contribution in [-0.2, 0) is 39.3 Å². The Bertz CT molecular complexity index is 3550. The Hall–Kier alpha value is -9.57. The number of nitrogens with zero attached hydrogens (tertiary/aromatic N) is 8. The second-order valence-corrected chi connectivity index (χ2v) is 21.8. The van der Waals surface area contributed by atoms with Crippen molar-refractivity contribution in [1.29, 1.82) is 0 Å². The van der Waals surface area contributed by atoms with Crippen LogP contribution in [0.3, 0.4) is 0 Å². The SMILES string of the molecule is CCCc1nc(CN(C(=O)OC(C)(C)C)c2ccc(Oc3ccc(N)c(N(C)C(=O)OC(C)(C)C)c3)cc2)c(C(=O)OCC)n1Cc1ccc(-c2ccccc2-c2nnnn2C(c2ccccc2)(c2ccccc2)c2ccccc2)cc1. The van der Waals surface area contributed by atoms with Gasteiger partial charge in [-0.05, 0) is 135 Å². The van der Waals surface area contributed by atoms with Crippen LogP contribution >= 0.6 is 0 Å². The molecule has 2 N–H and O–H groups in total. The summed E-state index contributed by atoms with van der Waals surface area (Å²) < 4.78 is 27.4. The van der Waals surface area contributed by atoms with E-state index < -0.39 is 34.9 Å². The highest BCUT2D eigenvalue weighted by Crippen LogP contribution is 2.44. The summed E-state index contributed by atoms with van der Waals surface area (Å²) in [5.74, 6) is 1.52. The number of ether oxygens (including phenoxy) is 4. The Morgan fingerprint density at radius 2 is 1.18 bits per heavy atom. The molecule has 0 atom stereocenters. The molecule has 0 aliphatic heterocycles. The van der Waals surface area contributed by atoms with Crippen molar-refractivity contribution in [3.63, 3.8) is 0 Å². The van der Waals surface area contributed by atoms with E-state index in [1.165, 1.54) is 9.80 Å². The van der Waals surface area contributed by atoms with Gasteiger partial charge in [0.2, 0.25) is 0 Å². The van der Waals surface area contributed by atoms with Crippen LogP contribution in [0.2, 0.25) is 0 Å². The van der Waals surface area contributed by atoms with Crippen molar-refractivity contribution in [3.05, 3.63) is 221 Å². The summed E-state index contributed by atoms with van der Waals surface area (Å²) in [7, 11) is 1.58. The molecule has 0 radical (unpaired) electrons. The number of imidazole rings is 1. The zero-order valence-corrected chi connectivity index (χ0v) is 47.9. The van der Waals surface area contributed by atoms with E-state index >= 15 is 0 Å². The van der Waals surface area contributed by atoms with E-state index in [1.807, 2.05) is 94.2 Å². The Kier molecular flexibility index (Phi) is 17.0. The average molecular weight is 1100 g/mol. The Labute approximate surface area is 479 Å². The van der Waals surface area contributed by atoms with Gasteiger partial charge in [0.05, 0.1) is 30.2 Å². The number of amides is 2. The number of benzene rings is 7. The second kappa shape index (κ2) is 24.4. The van der Waals surface area contributed by atoms with Gasteiger partial charge in [0, 0.05) is 37.3 Å². The fraction of sp³-hybridized carbons (Fsp3) is 0.258. The van der Waals surface area contributed by atoms with Crippen LogP contribution in [0.1, 0.15) is 106 Å². The summed E-state index contributed by atoms with van der Waals surface area (Å²) in [4.78, 5) is 49.4. The maximum absolute atomic E-state index is 14.3. The van der Waals surface area contributed by atoms with Crippen LogP contribution in [-0.4, -0.2) is 72.8 Å². The number of hydrogen-bond donors (Lipinski definition) is 1.